The smallest absolute Gasteiger partial charge is 0.152 e. The van der Waals surface area contributed by atoms with Gasteiger partial charge in [0.25, 0.3) is 0 Å². The average molecular weight is 234 g/mol. The van der Waals surface area contributed by atoms with E-state index in [9.17, 15) is 8.42 Å². The summed E-state index contributed by atoms with van der Waals surface area (Å²) in [5.41, 5.74) is 5.48. The van der Waals surface area contributed by atoms with Crippen molar-refractivity contribution in [2.24, 2.45) is 5.73 Å². The lowest BCUT2D eigenvalue weighted by molar-refractivity contribution is 0.0880. The molecule has 0 bridgehead atoms. The van der Waals surface area contributed by atoms with Crippen LogP contribution in [0.15, 0.2) is 0 Å². The van der Waals surface area contributed by atoms with E-state index in [-0.39, 0.29) is 17.0 Å². The molecule has 2 N–H and O–H groups in total. The van der Waals surface area contributed by atoms with Crippen molar-refractivity contribution in [3.8, 4) is 0 Å². The number of hydrogen-bond acceptors (Lipinski definition) is 4. The van der Waals surface area contributed by atoms with E-state index in [1.165, 1.54) is 0 Å². The van der Waals surface area contributed by atoms with Crippen LogP contribution in [0.2, 0.25) is 0 Å². The second kappa shape index (κ2) is 4.39. The predicted octanol–water partition coefficient (Wildman–Crippen LogP) is 0.233. The number of likely N-dealkylation sites (N-methyl/N-ethyl adjacent to an activating group) is 1. The fourth-order valence-electron chi connectivity index (χ4n) is 2.65. The number of hydrogen-bond donors (Lipinski definition) is 1. The number of nitrogens with two attached hydrogens (primary N) is 1. The molecule has 1 saturated heterocycles. The largest absolute Gasteiger partial charge is 0.329 e. The van der Waals surface area contributed by atoms with Gasteiger partial charge in [-0.05, 0) is 26.8 Å². The first-order valence-corrected chi connectivity index (χ1v) is 7.36. The molecule has 0 aromatic rings. The molecule has 1 unspecified atom stereocenters. The van der Waals surface area contributed by atoms with Crippen molar-refractivity contribution in [1.82, 2.24) is 4.90 Å². The van der Waals surface area contributed by atoms with Crippen LogP contribution in [0, 0.1) is 0 Å². The van der Waals surface area contributed by atoms with E-state index in [1.807, 2.05) is 0 Å². The molecule has 0 saturated carbocycles. The Morgan fingerprint density at radius 2 is 2.07 bits per heavy atom. The van der Waals surface area contributed by atoms with Gasteiger partial charge in [-0.1, -0.05) is 6.92 Å². The highest BCUT2D eigenvalue weighted by Crippen LogP contribution is 2.30. The molecule has 0 aromatic heterocycles. The third-order valence-corrected chi connectivity index (χ3v) is 5.12. The Morgan fingerprint density at radius 3 is 2.33 bits per heavy atom. The maximum atomic E-state index is 11.6. The molecular formula is C10H22N2O2S. The first kappa shape index (κ1) is 12.9. The minimum Gasteiger partial charge on any atom is -0.329 e. The van der Waals surface area contributed by atoms with Crippen LogP contribution >= 0.6 is 0 Å². The van der Waals surface area contributed by atoms with Crippen molar-refractivity contribution < 1.29 is 8.42 Å². The van der Waals surface area contributed by atoms with Gasteiger partial charge in [0, 0.05) is 18.1 Å². The van der Waals surface area contributed by atoms with Crippen LogP contribution in [0.1, 0.15) is 27.2 Å². The second-order valence-electron chi connectivity index (χ2n) is 4.65. The molecule has 1 heterocycles. The van der Waals surface area contributed by atoms with Gasteiger partial charge in [0.15, 0.2) is 9.84 Å². The summed E-state index contributed by atoms with van der Waals surface area (Å²) in [5.74, 6) is 0.510. The normalized spacial score (nSPS) is 30.3. The van der Waals surface area contributed by atoms with E-state index in [2.05, 4.69) is 25.7 Å². The van der Waals surface area contributed by atoms with Gasteiger partial charge >= 0.3 is 0 Å². The Balaban J connectivity index is 2.96. The molecule has 0 radical (unpaired) electrons. The maximum absolute atomic E-state index is 11.6. The van der Waals surface area contributed by atoms with Gasteiger partial charge in [0.05, 0.1) is 11.5 Å². The Hall–Kier alpha value is -0.130. The van der Waals surface area contributed by atoms with Crippen LogP contribution in [0.3, 0.4) is 0 Å². The molecule has 4 nitrogen and oxygen atoms in total. The fraction of sp³-hybridized carbons (Fsp3) is 1.00. The van der Waals surface area contributed by atoms with Crippen LogP contribution in [-0.2, 0) is 9.84 Å². The Labute approximate surface area is 92.7 Å². The van der Waals surface area contributed by atoms with Crippen LogP contribution in [-0.4, -0.2) is 49.5 Å². The molecule has 0 aliphatic carbocycles. The topological polar surface area (TPSA) is 63.4 Å². The highest BCUT2D eigenvalue weighted by molar-refractivity contribution is 7.91. The molecule has 5 heteroatoms. The number of rotatable bonds is 4. The zero-order valence-corrected chi connectivity index (χ0v) is 10.7. The molecule has 1 aliphatic rings. The monoisotopic (exact) mass is 234 g/mol. The molecule has 1 atom stereocenters. The predicted molar refractivity (Wildman–Crippen MR) is 62.6 cm³/mol. The van der Waals surface area contributed by atoms with Crippen LogP contribution < -0.4 is 5.73 Å². The summed E-state index contributed by atoms with van der Waals surface area (Å²) >= 11 is 0. The molecule has 1 fully saturated rings. The van der Waals surface area contributed by atoms with E-state index in [0.29, 0.717) is 19.0 Å². The van der Waals surface area contributed by atoms with Gasteiger partial charge in [-0.25, -0.2) is 8.42 Å². The Kier molecular flexibility index (Phi) is 3.79. The third-order valence-electron chi connectivity index (χ3n) is 3.32. The number of sulfone groups is 1. The summed E-state index contributed by atoms with van der Waals surface area (Å²) in [6, 6.07) is 0.340. The maximum Gasteiger partial charge on any atom is 0.152 e. The second-order valence-corrected chi connectivity index (χ2v) is 6.83. The minimum atomic E-state index is -2.88. The van der Waals surface area contributed by atoms with E-state index in [4.69, 9.17) is 5.73 Å². The quantitative estimate of drug-likeness (QED) is 0.756. The number of nitrogens with zero attached hydrogens (tertiary/aromatic N) is 1. The lowest BCUT2D eigenvalue weighted by atomic mass is 9.95. The molecule has 0 amide bonds. The van der Waals surface area contributed by atoms with Crippen molar-refractivity contribution >= 4 is 9.84 Å². The molecule has 90 valence electrons. The van der Waals surface area contributed by atoms with Gasteiger partial charge < -0.3 is 5.73 Å². The fourth-order valence-corrected chi connectivity index (χ4v) is 4.73. The van der Waals surface area contributed by atoms with Crippen LogP contribution in [0.4, 0.5) is 0 Å². The highest BCUT2D eigenvalue weighted by Gasteiger charge is 2.45. The van der Waals surface area contributed by atoms with Crippen molar-refractivity contribution in [2.45, 2.75) is 38.8 Å². The molecule has 0 aromatic carbocycles. The van der Waals surface area contributed by atoms with Crippen molar-refractivity contribution in [3.63, 3.8) is 0 Å². The Bertz CT molecular complexity index is 313. The van der Waals surface area contributed by atoms with Gasteiger partial charge in [0.2, 0.25) is 0 Å². The standard InChI is InChI=1S/C10H22N2O2S/c1-4-12(9(2)3)10(7-11)5-6-15(13,14)8-10/h9H,4-8,11H2,1-3H3. The Morgan fingerprint density at radius 1 is 1.47 bits per heavy atom. The van der Waals surface area contributed by atoms with E-state index in [0.717, 1.165) is 6.54 Å². The van der Waals surface area contributed by atoms with E-state index >= 15 is 0 Å². The van der Waals surface area contributed by atoms with E-state index < -0.39 is 9.84 Å². The molecule has 1 aliphatic heterocycles. The summed E-state index contributed by atoms with van der Waals surface area (Å²) in [6.45, 7) is 7.52. The third kappa shape index (κ3) is 2.52. The summed E-state index contributed by atoms with van der Waals surface area (Å²) < 4.78 is 23.1. The van der Waals surface area contributed by atoms with Crippen molar-refractivity contribution in [2.75, 3.05) is 24.6 Å². The zero-order chi connectivity index (χ0) is 11.7. The van der Waals surface area contributed by atoms with Gasteiger partial charge in [-0.3, -0.25) is 4.90 Å². The molecule has 15 heavy (non-hydrogen) atoms. The summed E-state index contributed by atoms with van der Waals surface area (Å²) in [7, 11) is -2.88. The summed E-state index contributed by atoms with van der Waals surface area (Å²) in [5, 5.41) is 0. The molecule has 1 rings (SSSR count). The lowest BCUT2D eigenvalue weighted by Gasteiger charge is -2.41. The molecule has 0 spiro atoms. The van der Waals surface area contributed by atoms with E-state index in [1.54, 1.807) is 0 Å². The summed E-state index contributed by atoms with van der Waals surface area (Å²) in [6.07, 6.45) is 0.678. The van der Waals surface area contributed by atoms with Gasteiger partial charge in [-0.2, -0.15) is 0 Å². The van der Waals surface area contributed by atoms with Gasteiger partial charge in [-0.15, -0.1) is 0 Å². The first-order chi connectivity index (χ1) is 6.87. The highest BCUT2D eigenvalue weighted by atomic mass is 32.2. The first-order valence-electron chi connectivity index (χ1n) is 5.54. The minimum absolute atomic E-state index is 0.225. The van der Waals surface area contributed by atoms with Crippen molar-refractivity contribution in [3.05, 3.63) is 0 Å². The van der Waals surface area contributed by atoms with Crippen LogP contribution in [0.25, 0.3) is 0 Å². The lowest BCUT2D eigenvalue weighted by Crippen LogP contribution is -2.57. The van der Waals surface area contributed by atoms with Crippen molar-refractivity contribution in [1.29, 1.82) is 0 Å². The SMILES string of the molecule is CCN(C(C)C)C1(CN)CCS(=O)(=O)C1. The summed E-state index contributed by atoms with van der Waals surface area (Å²) in [4.78, 5) is 2.22. The van der Waals surface area contributed by atoms with Crippen LogP contribution in [0.5, 0.6) is 0 Å². The average Bonchev–Trinajstić information content (AvgIpc) is 2.44. The molecular weight excluding hydrogens is 212 g/mol. The zero-order valence-electron chi connectivity index (χ0n) is 9.86. The van der Waals surface area contributed by atoms with Gasteiger partial charge in [0.1, 0.15) is 0 Å².